The van der Waals surface area contributed by atoms with Crippen LogP contribution in [-0.2, 0) is 13.0 Å². The molecule has 0 bridgehead atoms. The van der Waals surface area contributed by atoms with Gasteiger partial charge in [0.05, 0.1) is 19.3 Å². The molecule has 6 heteroatoms. The molecular formula is C17H24N4O2. The monoisotopic (exact) mass is 316 g/mol. The second-order valence-corrected chi connectivity index (χ2v) is 5.16. The highest BCUT2D eigenvalue weighted by molar-refractivity contribution is 5.79. The highest BCUT2D eigenvalue weighted by atomic mass is 16.5. The Morgan fingerprint density at radius 1 is 1.26 bits per heavy atom. The molecule has 2 aromatic rings. The number of guanidine groups is 1. The van der Waals surface area contributed by atoms with Crippen LogP contribution in [0.3, 0.4) is 0 Å². The number of oxazole rings is 1. The maximum Gasteiger partial charge on any atom is 0.214 e. The predicted molar refractivity (Wildman–Crippen MR) is 90.9 cm³/mol. The van der Waals surface area contributed by atoms with E-state index in [1.54, 1.807) is 14.2 Å². The third kappa shape index (κ3) is 4.74. The molecule has 2 N–H and O–H groups in total. The Morgan fingerprint density at radius 2 is 2.04 bits per heavy atom. The van der Waals surface area contributed by atoms with E-state index in [1.165, 1.54) is 0 Å². The molecule has 0 aliphatic heterocycles. The van der Waals surface area contributed by atoms with Crippen molar-refractivity contribution in [2.45, 2.75) is 26.8 Å². The molecule has 0 saturated heterocycles. The van der Waals surface area contributed by atoms with Gasteiger partial charge in [0.2, 0.25) is 5.89 Å². The maximum atomic E-state index is 5.54. The van der Waals surface area contributed by atoms with Crippen LogP contribution in [0, 0.1) is 13.8 Å². The molecule has 0 fully saturated rings. The van der Waals surface area contributed by atoms with Crippen LogP contribution in [0.15, 0.2) is 33.7 Å². The van der Waals surface area contributed by atoms with E-state index in [4.69, 9.17) is 9.15 Å². The van der Waals surface area contributed by atoms with Crippen molar-refractivity contribution in [2.75, 3.05) is 20.7 Å². The number of aliphatic imine (C=N–C) groups is 1. The molecule has 0 spiro atoms. The summed E-state index contributed by atoms with van der Waals surface area (Å²) < 4.78 is 10.9. The molecule has 1 aromatic heterocycles. The summed E-state index contributed by atoms with van der Waals surface area (Å²) in [5.74, 6) is 3.13. The van der Waals surface area contributed by atoms with E-state index in [1.807, 2.05) is 32.0 Å². The number of ether oxygens (including phenoxy) is 1. The lowest BCUT2D eigenvalue weighted by Crippen LogP contribution is -2.37. The number of hydrogen-bond acceptors (Lipinski definition) is 4. The van der Waals surface area contributed by atoms with Crippen molar-refractivity contribution >= 4 is 5.96 Å². The van der Waals surface area contributed by atoms with Gasteiger partial charge in [-0.1, -0.05) is 18.2 Å². The van der Waals surface area contributed by atoms with Gasteiger partial charge in [0.15, 0.2) is 5.96 Å². The molecule has 1 aromatic carbocycles. The van der Waals surface area contributed by atoms with Gasteiger partial charge in [-0.15, -0.1) is 0 Å². The van der Waals surface area contributed by atoms with Crippen LogP contribution in [0.25, 0.3) is 0 Å². The fraction of sp³-hybridized carbons (Fsp3) is 0.412. The second-order valence-electron chi connectivity index (χ2n) is 5.16. The van der Waals surface area contributed by atoms with Crippen LogP contribution in [0.5, 0.6) is 5.75 Å². The van der Waals surface area contributed by atoms with Crippen molar-refractivity contribution < 1.29 is 9.15 Å². The van der Waals surface area contributed by atoms with E-state index < -0.39 is 0 Å². The summed E-state index contributed by atoms with van der Waals surface area (Å²) in [6.07, 6.45) is 0.849. The van der Waals surface area contributed by atoms with Gasteiger partial charge < -0.3 is 19.8 Å². The van der Waals surface area contributed by atoms with Crippen LogP contribution < -0.4 is 15.4 Å². The topological polar surface area (TPSA) is 71.7 Å². The largest absolute Gasteiger partial charge is 0.496 e. The highest BCUT2D eigenvalue weighted by Crippen LogP contribution is 2.17. The Morgan fingerprint density at radius 3 is 2.70 bits per heavy atom. The minimum atomic E-state index is 0.503. The third-order valence-corrected chi connectivity index (χ3v) is 3.58. The zero-order valence-corrected chi connectivity index (χ0v) is 14.1. The SMILES string of the molecule is CN=C(NCCc1ccccc1OC)NCc1nc(C)c(C)o1. The molecule has 6 nitrogen and oxygen atoms in total. The summed E-state index contributed by atoms with van der Waals surface area (Å²) in [5, 5.41) is 6.47. The van der Waals surface area contributed by atoms with Gasteiger partial charge in [-0.05, 0) is 31.9 Å². The predicted octanol–water partition coefficient (Wildman–Crippen LogP) is 2.21. The Labute approximate surface area is 137 Å². The van der Waals surface area contributed by atoms with E-state index in [9.17, 15) is 0 Å². The molecular weight excluding hydrogens is 292 g/mol. The second kappa shape index (κ2) is 8.22. The summed E-state index contributed by atoms with van der Waals surface area (Å²) in [6.45, 7) is 5.10. The van der Waals surface area contributed by atoms with Gasteiger partial charge in [0, 0.05) is 13.6 Å². The molecule has 23 heavy (non-hydrogen) atoms. The van der Waals surface area contributed by atoms with Gasteiger partial charge in [0.25, 0.3) is 0 Å². The summed E-state index contributed by atoms with van der Waals surface area (Å²) in [6, 6.07) is 8.01. The molecule has 0 atom stereocenters. The first-order valence-electron chi connectivity index (χ1n) is 7.63. The van der Waals surface area contributed by atoms with Gasteiger partial charge in [-0.25, -0.2) is 4.98 Å². The number of methoxy groups -OCH3 is 1. The minimum absolute atomic E-state index is 0.503. The molecule has 0 amide bonds. The summed E-state index contributed by atoms with van der Waals surface area (Å²) in [4.78, 5) is 8.54. The molecule has 2 rings (SSSR count). The zero-order chi connectivity index (χ0) is 16.7. The number of aromatic nitrogens is 1. The average Bonchev–Trinajstić information content (AvgIpc) is 2.89. The summed E-state index contributed by atoms with van der Waals surface area (Å²) in [5.41, 5.74) is 2.08. The number of rotatable bonds is 6. The van der Waals surface area contributed by atoms with Gasteiger partial charge >= 0.3 is 0 Å². The van der Waals surface area contributed by atoms with Crippen molar-refractivity contribution in [3.05, 3.63) is 47.2 Å². The molecule has 0 aliphatic rings. The number of nitrogens with one attached hydrogen (secondary N) is 2. The minimum Gasteiger partial charge on any atom is -0.496 e. The van der Waals surface area contributed by atoms with E-state index >= 15 is 0 Å². The maximum absolute atomic E-state index is 5.54. The van der Waals surface area contributed by atoms with Crippen molar-refractivity contribution in [1.29, 1.82) is 0 Å². The number of para-hydroxylation sites is 1. The van der Waals surface area contributed by atoms with Gasteiger partial charge in [-0.3, -0.25) is 4.99 Å². The average molecular weight is 316 g/mol. The fourth-order valence-corrected chi connectivity index (χ4v) is 2.22. The first kappa shape index (κ1) is 16.9. The lowest BCUT2D eigenvalue weighted by molar-refractivity contribution is 0.409. The Hall–Kier alpha value is -2.50. The number of benzene rings is 1. The first-order chi connectivity index (χ1) is 11.1. The Bertz CT molecular complexity index is 645. The van der Waals surface area contributed by atoms with Crippen LogP contribution >= 0.6 is 0 Å². The van der Waals surface area contributed by atoms with Crippen molar-refractivity contribution in [1.82, 2.24) is 15.6 Å². The quantitative estimate of drug-likeness (QED) is 0.631. The van der Waals surface area contributed by atoms with Gasteiger partial charge in [0.1, 0.15) is 11.5 Å². The Kier molecular flexibility index (Phi) is 6.02. The number of aryl methyl sites for hydroxylation is 2. The van der Waals surface area contributed by atoms with Crippen LogP contribution in [0.1, 0.15) is 22.9 Å². The van der Waals surface area contributed by atoms with E-state index in [-0.39, 0.29) is 0 Å². The van der Waals surface area contributed by atoms with Crippen LogP contribution in [0.2, 0.25) is 0 Å². The lowest BCUT2D eigenvalue weighted by atomic mass is 10.1. The number of hydrogen-bond donors (Lipinski definition) is 2. The van der Waals surface area contributed by atoms with Crippen LogP contribution in [-0.4, -0.2) is 31.6 Å². The molecule has 0 saturated carbocycles. The molecule has 0 aliphatic carbocycles. The molecule has 0 radical (unpaired) electrons. The number of nitrogens with zero attached hydrogens (tertiary/aromatic N) is 2. The van der Waals surface area contributed by atoms with Gasteiger partial charge in [-0.2, -0.15) is 0 Å². The van der Waals surface area contributed by atoms with E-state index in [2.05, 4.69) is 26.7 Å². The van der Waals surface area contributed by atoms with Crippen LogP contribution in [0.4, 0.5) is 0 Å². The van der Waals surface area contributed by atoms with Crippen molar-refractivity contribution in [3.8, 4) is 5.75 Å². The molecule has 124 valence electrons. The van der Waals surface area contributed by atoms with E-state index in [0.717, 1.165) is 35.7 Å². The zero-order valence-electron chi connectivity index (χ0n) is 14.1. The van der Waals surface area contributed by atoms with E-state index in [0.29, 0.717) is 18.4 Å². The first-order valence-corrected chi connectivity index (χ1v) is 7.63. The standard InChI is InChI=1S/C17H24N4O2/c1-12-13(2)23-16(21-12)11-20-17(18-3)19-10-9-14-7-5-6-8-15(14)22-4/h5-8H,9-11H2,1-4H3,(H2,18,19,20). The van der Waals surface area contributed by atoms with Crippen molar-refractivity contribution in [3.63, 3.8) is 0 Å². The Balaban J connectivity index is 1.81. The fourth-order valence-electron chi connectivity index (χ4n) is 2.22. The smallest absolute Gasteiger partial charge is 0.214 e. The molecule has 0 unspecified atom stereocenters. The molecule has 1 heterocycles. The van der Waals surface area contributed by atoms with Crippen molar-refractivity contribution in [2.24, 2.45) is 4.99 Å². The third-order valence-electron chi connectivity index (χ3n) is 3.58. The summed E-state index contributed by atoms with van der Waals surface area (Å²) >= 11 is 0. The normalized spacial score (nSPS) is 11.4. The highest BCUT2D eigenvalue weighted by Gasteiger charge is 2.07. The lowest BCUT2D eigenvalue weighted by Gasteiger charge is -2.12. The summed E-state index contributed by atoms with van der Waals surface area (Å²) in [7, 11) is 3.43.